The number of rotatable bonds is 4. The van der Waals surface area contributed by atoms with E-state index in [1.165, 1.54) is 12.5 Å². The maximum absolute atomic E-state index is 12.9. The topological polar surface area (TPSA) is 53.8 Å². The molecule has 1 saturated heterocycles. The first-order chi connectivity index (χ1) is 12.5. The van der Waals surface area contributed by atoms with Crippen molar-refractivity contribution in [3.8, 4) is 0 Å². The molecule has 2 aromatic rings. The van der Waals surface area contributed by atoms with Crippen molar-refractivity contribution < 1.29 is 14.0 Å². The van der Waals surface area contributed by atoms with E-state index in [2.05, 4.69) is 0 Å². The minimum Gasteiger partial charge on any atom is -0.472 e. The van der Waals surface area contributed by atoms with Gasteiger partial charge in [0.1, 0.15) is 6.26 Å². The molecule has 5 nitrogen and oxygen atoms in total. The molecule has 1 fully saturated rings. The number of halogens is 1. The second kappa shape index (κ2) is 7.96. The molecule has 0 radical (unpaired) electrons. The molecule has 1 aliphatic rings. The van der Waals surface area contributed by atoms with E-state index in [0.717, 1.165) is 5.56 Å². The monoisotopic (exact) mass is 374 g/mol. The normalized spacial score (nSPS) is 16.3. The van der Waals surface area contributed by atoms with Gasteiger partial charge in [0.25, 0.3) is 5.91 Å². The molecule has 1 aromatic heterocycles. The highest BCUT2D eigenvalue weighted by molar-refractivity contribution is 6.30. The lowest BCUT2D eigenvalue weighted by Crippen LogP contribution is -2.43. The Hall–Kier alpha value is -2.27. The quantitative estimate of drug-likeness (QED) is 0.812. The van der Waals surface area contributed by atoms with E-state index >= 15 is 0 Å². The summed E-state index contributed by atoms with van der Waals surface area (Å²) in [4.78, 5) is 28.8. The van der Waals surface area contributed by atoms with Crippen molar-refractivity contribution in [3.63, 3.8) is 0 Å². The third-order valence-electron chi connectivity index (χ3n) is 5.16. The van der Waals surface area contributed by atoms with Crippen LogP contribution in [0.15, 0.2) is 47.3 Å². The van der Waals surface area contributed by atoms with Gasteiger partial charge < -0.3 is 14.2 Å². The highest BCUT2D eigenvalue weighted by Gasteiger charge is 2.31. The Morgan fingerprint density at radius 3 is 2.62 bits per heavy atom. The minimum atomic E-state index is -0.0602. The molecule has 3 rings (SSSR count). The fourth-order valence-electron chi connectivity index (χ4n) is 3.37. The van der Waals surface area contributed by atoms with Crippen molar-refractivity contribution in [2.45, 2.75) is 25.8 Å². The number of nitrogens with zero attached hydrogens (tertiary/aromatic N) is 2. The van der Waals surface area contributed by atoms with E-state index in [-0.39, 0.29) is 23.8 Å². The van der Waals surface area contributed by atoms with Crippen LogP contribution < -0.4 is 0 Å². The van der Waals surface area contributed by atoms with E-state index in [9.17, 15) is 9.59 Å². The Balaban J connectivity index is 1.58. The zero-order chi connectivity index (χ0) is 18.7. The van der Waals surface area contributed by atoms with Gasteiger partial charge in [0.05, 0.1) is 17.9 Å². The molecule has 0 bridgehead atoms. The molecular formula is C20H23ClN2O3. The van der Waals surface area contributed by atoms with Crippen LogP contribution in [0.1, 0.15) is 41.7 Å². The molecule has 1 atom stereocenters. The third kappa shape index (κ3) is 3.93. The zero-order valence-corrected chi connectivity index (χ0v) is 15.8. The van der Waals surface area contributed by atoms with Gasteiger partial charge in [0, 0.05) is 31.1 Å². The number of hydrogen-bond acceptors (Lipinski definition) is 3. The lowest BCUT2D eigenvalue weighted by Gasteiger charge is -2.35. The summed E-state index contributed by atoms with van der Waals surface area (Å²) in [5.41, 5.74) is 1.57. The number of amides is 2. The molecule has 26 heavy (non-hydrogen) atoms. The maximum Gasteiger partial charge on any atom is 0.257 e. The SMILES string of the molecule is CC(c1cccc(Cl)c1)N(C)C(=O)C1CCN(C(=O)c2ccoc2)CC1. The molecule has 1 aliphatic heterocycles. The van der Waals surface area contributed by atoms with Crippen molar-refractivity contribution in [2.24, 2.45) is 5.92 Å². The average molecular weight is 375 g/mol. The Morgan fingerprint density at radius 2 is 2.00 bits per heavy atom. The molecule has 1 aromatic carbocycles. The molecule has 0 aliphatic carbocycles. The van der Waals surface area contributed by atoms with Crippen LogP contribution in [0.4, 0.5) is 0 Å². The number of carbonyl (C=O) groups is 2. The van der Waals surface area contributed by atoms with Crippen LogP contribution in [-0.4, -0.2) is 41.8 Å². The Bertz CT molecular complexity index is 767. The van der Waals surface area contributed by atoms with E-state index < -0.39 is 0 Å². The van der Waals surface area contributed by atoms with Crippen LogP contribution in [0.25, 0.3) is 0 Å². The maximum atomic E-state index is 12.9. The number of piperidine rings is 1. The van der Waals surface area contributed by atoms with Gasteiger partial charge in [-0.1, -0.05) is 23.7 Å². The largest absolute Gasteiger partial charge is 0.472 e. The van der Waals surface area contributed by atoms with E-state index in [0.29, 0.717) is 36.5 Å². The Kier molecular flexibility index (Phi) is 5.67. The summed E-state index contributed by atoms with van der Waals surface area (Å²) in [6, 6.07) is 9.21. The summed E-state index contributed by atoms with van der Waals surface area (Å²) in [6.45, 7) is 3.17. The predicted molar refractivity (Wildman–Crippen MR) is 100.0 cm³/mol. The van der Waals surface area contributed by atoms with E-state index in [4.69, 9.17) is 16.0 Å². The predicted octanol–water partition coefficient (Wildman–Crippen LogP) is 4.00. The number of hydrogen-bond donors (Lipinski definition) is 0. The van der Waals surface area contributed by atoms with Gasteiger partial charge in [0.2, 0.25) is 5.91 Å². The molecule has 0 N–H and O–H groups in total. The molecule has 6 heteroatoms. The highest BCUT2D eigenvalue weighted by Crippen LogP contribution is 2.27. The summed E-state index contributed by atoms with van der Waals surface area (Å²) in [5, 5.41) is 0.668. The molecule has 0 saturated carbocycles. The summed E-state index contributed by atoms with van der Waals surface area (Å²) in [7, 11) is 1.83. The second-order valence-electron chi connectivity index (χ2n) is 6.76. The third-order valence-corrected chi connectivity index (χ3v) is 5.39. The van der Waals surface area contributed by atoms with Crippen molar-refractivity contribution in [3.05, 3.63) is 59.0 Å². The molecule has 0 spiro atoms. The molecule has 138 valence electrons. The smallest absolute Gasteiger partial charge is 0.257 e. The number of carbonyl (C=O) groups excluding carboxylic acids is 2. The lowest BCUT2D eigenvalue weighted by atomic mass is 9.94. The van der Waals surface area contributed by atoms with Gasteiger partial charge in [-0.3, -0.25) is 9.59 Å². The summed E-state index contributed by atoms with van der Waals surface area (Å²) < 4.78 is 4.98. The minimum absolute atomic E-state index is 0.0368. The first-order valence-corrected chi connectivity index (χ1v) is 9.18. The van der Waals surface area contributed by atoms with Crippen molar-refractivity contribution in [1.82, 2.24) is 9.80 Å². The van der Waals surface area contributed by atoms with E-state index in [1.54, 1.807) is 15.9 Å². The van der Waals surface area contributed by atoms with Crippen LogP contribution in [0.5, 0.6) is 0 Å². The van der Waals surface area contributed by atoms with Gasteiger partial charge in [-0.25, -0.2) is 0 Å². The van der Waals surface area contributed by atoms with Crippen LogP contribution >= 0.6 is 11.6 Å². The lowest BCUT2D eigenvalue weighted by molar-refractivity contribution is -0.137. The Morgan fingerprint density at radius 1 is 1.27 bits per heavy atom. The number of likely N-dealkylation sites (tertiary alicyclic amines) is 1. The van der Waals surface area contributed by atoms with Crippen molar-refractivity contribution in [1.29, 1.82) is 0 Å². The molecule has 1 unspecified atom stereocenters. The summed E-state index contributed by atoms with van der Waals surface area (Å²) >= 11 is 6.06. The average Bonchev–Trinajstić information content (AvgIpc) is 3.20. The zero-order valence-electron chi connectivity index (χ0n) is 15.0. The fourth-order valence-corrected chi connectivity index (χ4v) is 3.57. The van der Waals surface area contributed by atoms with Crippen LogP contribution in [0.2, 0.25) is 5.02 Å². The van der Waals surface area contributed by atoms with Gasteiger partial charge in [-0.05, 0) is 43.5 Å². The molecule has 2 heterocycles. The molecule has 2 amide bonds. The van der Waals surface area contributed by atoms with Crippen molar-refractivity contribution >= 4 is 23.4 Å². The first-order valence-electron chi connectivity index (χ1n) is 8.81. The van der Waals surface area contributed by atoms with Crippen molar-refractivity contribution in [2.75, 3.05) is 20.1 Å². The second-order valence-corrected chi connectivity index (χ2v) is 7.20. The Labute approximate surface area is 158 Å². The number of furan rings is 1. The van der Waals surface area contributed by atoms with Gasteiger partial charge in [-0.2, -0.15) is 0 Å². The van der Waals surface area contributed by atoms with Gasteiger partial charge >= 0.3 is 0 Å². The first kappa shape index (κ1) is 18.5. The number of benzene rings is 1. The van der Waals surface area contributed by atoms with E-state index in [1.807, 2.05) is 38.2 Å². The highest BCUT2D eigenvalue weighted by atomic mass is 35.5. The summed E-state index contributed by atoms with van der Waals surface area (Å²) in [6.07, 6.45) is 4.31. The standard InChI is InChI=1S/C20H23ClN2O3/c1-14(16-4-3-5-18(21)12-16)22(2)19(24)15-6-9-23(10-7-15)20(25)17-8-11-26-13-17/h3-5,8,11-15H,6-7,9-10H2,1-2H3. The van der Waals surface area contributed by atoms with Crippen LogP contribution in [-0.2, 0) is 4.79 Å². The van der Waals surface area contributed by atoms with Crippen LogP contribution in [0.3, 0.4) is 0 Å². The van der Waals surface area contributed by atoms with Gasteiger partial charge in [-0.15, -0.1) is 0 Å². The summed E-state index contributed by atoms with van der Waals surface area (Å²) in [5.74, 6) is 0.0215. The van der Waals surface area contributed by atoms with Gasteiger partial charge in [0.15, 0.2) is 0 Å². The molecular weight excluding hydrogens is 352 g/mol. The fraction of sp³-hybridized carbons (Fsp3) is 0.400. The van der Waals surface area contributed by atoms with Crippen LogP contribution in [0, 0.1) is 5.92 Å².